The van der Waals surface area contributed by atoms with E-state index in [0.717, 1.165) is 12.8 Å². The van der Waals surface area contributed by atoms with Crippen molar-refractivity contribution in [2.45, 2.75) is 32.7 Å². The van der Waals surface area contributed by atoms with Crippen molar-refractivity contribution in [3.05, 3.63) is 35.9 Å². The molecule has 1 heterocycles. The number of β-lactam (4-membered cyclic amide) rings is 1. The fourth-order valence-corrected chi connectivity index (χ4v) is 1.99. The van der Waals surface area contributed by atoms with E-state index in [1.54, 1.807) is 0 Å². The van der Waals surface area contributed by atoms with Crippen molar-refractivity contribution in [1.29, 1.82) is 0 Å². The Labute approximate surface area is 90.7 Å². The first-order chi connectivity index (χ1) is 7.10. The van der Waals surface area contributed by atoms with Crippen LogP contribution < -0.4 is 5.32 Å². The largest absolute Gasteiger partial charge is 0.352 e. The van der Waals surface area contributed by atoms with Crippen LogP contribution in [0.3, 0.4) is 0 Å². The Bertz CT molecular complexity index is 356. The van der Waals surface area contributed by atoms with Crippen LogP contribution in [0.4, 0.5) is 0 Å². The zero-order valence-electron chi connectivity index (χ0n) is 9.29. The topological polar surface area (TPSA) is 29.1 Å². The number of rotatable bonds is 3. The number of nitrogens with one attached hydrogen (secondary N) is 1. The van der Waals surface area contributed by atoms with E-state index in [1.807, 2.05) is 19.9 Å². The fourth-order valence-electron chi connectivity index (χ4n) is 1.99. The summed E-state index contributed by atoms with van der Waals surface area (Å²) in [4.78, 5) is 11.3. The van der Waals surface area contributed by atoms with E-state index < -0.39 is 0 Å². The number of hydrogen-bond donors (Lipinski definition) is 1. The molecule has 15 heavy (non-hydrogen) atoms. The van der Waals surface area contributed by atoms with Crippen molar-refractivity contribution in [1.82, 2.24) is 5.32 Å². The summed E-state index contributed by atoms with van der Waals surface area (Å²) in [5, 5.41) is 2.96. The molecule has 1 N–H and O–H groups in total. The zero-order chi connectivity index (χ0) is 10.9. The van der Waals surface area contributed by atoms with Crippen molar-refractivity contribution in [3.8, 4) is 0 Å². The van der Waals surface area contributed by atoms with Crippen LogP contribution in [0.1, 0.15) is 25.8 Å². The van der Waals surface area contributed by atoms with E-state index in [9.17, 15) is 4.79 Å². The van der Waals surface area contributed by atoms with Crippen LogP contribution in [-0.2, 0) is 11.2 Å². The van der Waals surface area contributed by atoms with Crippen LogP contribution in [0, 0.1) is 5.41 Å². The van der Waals surface area contributed by atoms with Gasteiger partial charge in [0.25, 0.3) is 0 Å². The Balaban J connectivity index is 1.88. The fraction of sp³-hybridized carbons (Fsp3) is 0.462. The third-order valence-electron chi connectivity index (χ3n) is 3.33. The molecule has 1 amide bonds. The molecule has 1 atom stereocenters. The van der Waals surface area contributed by atoms with Crippen molar-refractivity contribution in [2.75, 3.05) is 0 Å². The number of aryl methyl sites for hydroxylation is 1. The summed E-state index contributed by atoms with van der Waals surface area (Å²) in [7, 11) is 0. The molecule has 1 aliphatic heterocycles. The summed E-state index contributed by atoms with van der Waals surface area (Å²) >= 11 is 0. The van der Waals surface area contributed by atoms with Gasteiger partial charge in [0.2, 0.25) is 5.91 Å². The summed E-state index contributed by atoms with van der Waals surface area (Å²) < 4.78 is 0. The standard InChI is InChI=1S/C13H17NO/c1-13(2)11(14-12(13)15)9-8-10-6-4-3-5-7-10/h3-7,11H,8-9H2,1-2H3,(H,14,15). The van der Waals surface area contributed by atoms with Crippen LogP contribution in [0.2, 0.25) is 0 Å². The predicted molar refractivity (Wildman–Crippen MR) is 60.5 cm³/mol. The van der Waals surface area contributed by atoms with Crippen LogP contribution >= 0.6 is 0 Å². The summed E-state index contributed by atoms with van der Waals surface area (Å²) in [6, 6.07) is 10.7. The molecular formula is C13H17NO. The minimum Gasteiger partial charge on any atom is -0.352 e. The Morgan fingerprint density at radius 3 is 2.47 bits per heavy atom. The lowest BCUT2D eigenvalue weighted by Gasteiger charge is -2.44. The van der Waals surface area contributed by atoms with Gasteiger partial charge in [-0.1, -0.05) is 30.3 Å². The molecule has 0 aliphatic carbocycles. The van der Waals surface area contributed by atoms with Crippen molar-refractivity contribution < 1.29 is 4.79 Å². The molecule has 1 fully saturated rings. The van der Waals surface area contributed by atoms with E-state index >= 15 is 0 Å². The molecule has 80 valence electrons. The Kier molecular flexibility index (Phi) is 2.51. The molecule has 1 aromatic rings. The predicted octanol–water partition coefficient (Wildman–Crippen LogP) is 2.14. The van der Waals surface area contributed by atoms with Gasteiger partial charge in [-0.15, -0.1) is 0 Å². The SMILES string of the molecule is CC1(C)C(=O)NC1CCc1ccccc1. The maximum absolute atomic E-state index is 11.3. The van der Waals surface area contributed by atoms with Crippen molar-refractivity contribution in [2.24, 2.45) is 5.41 Å². The summed E-state index contributed by atoms with van der Waals surface area (Å²) in [5.74, 6) is 0.181. The summed E-state index contributed by atoms with van der Waals surface area (Å²) in [6.07, 6.45) is 2.07. The first-order valence-electron chi connectivity index (χ1n) is 5.45. The van der Waals surface area contributed by atoms with E-state index in [4.69, 9.17) is 0 Å². The smallest absolute Gasteiger partial charge is 0.227 e. The van der Waals surface area contributed by atoms with Gasteiger partial charge < -0.3 is 5.32 Å². The highest BCUT2D eigenvalue weighted by Gasteiger charge is 2.46. The van der Waals surface area contributed by atoms with Gasteiger partial charge in [0.15, 0.2) is 0 Å². The number of hydrogen-bond acceptors (Lipinski definition) is 1. The Morgan fingerprint density at radius 1 is 1.27 bits per heavy atom. The van der Waals surface area contributed by atoms with E-state index in [2.05, 4.69) is 29.6 Å². The quantitative estimate of drug-likeness (QED) is 0.749. The van der Waals surface area contributed by atoms with Crippen molar-refractivity contribution >= 4 is 5.91 Å². The number of amides is 1. The second-order valence-corrected chi connectivity index (χ2v) is 4.77. The maximum atomic E-state index is 11.3. The lowest BCUT2D eigenvalue weighted by Crippen LogP contribution is -2.64. The third-order valence-corrected chi connectivity index (χ3v) is 3.33. The van der Waals surface area contributed by atoms with Gasteiger partial charge in [-0.3, -0.25) is 4.79 Å². The molecule has 2 heteroatoms. The van der Waals surface area contributed by atoms with Gasteiger partial charge in [-0.05, 0) is 32.3 Å². The maximum Gasteiger partial charge on any atom is 0.227 e. The van der Waals surface area contributed by atoms with Gasteiger partial charge in [-0.2, -0.15) is 0 Å². The third kappa shape index (κ3) is 1.89. The molecular weight excluding hydrogens is 186 g/mol. The van der Waals surface area contributed by atoms with E-state index in [0.29, 0.717) is 6.04 Å². The molecule has 0 radical (unpaired) electrons. The van der Waals surface area contributed by atoms with E-state index in [1.165, 1.54) is 5.56 Å². The van der Waals surface area contributed by atoms with Gasteiger partial charge in [0.1, 0.15) is 0 Å². The Hall–Kier alpha value is -1.31. The summed E-state index contributed by atoms with van der Waals surface area (Å²) in [6.45, 7) is 4.03. The van der Waals surface area contributed by atoms with Gasteiger partial charge in [0.05, 0.1) is 5.41 Å². The zero-order valence-corrected chi connectivity index (χ0v) is 9.29. The second-order valence-electron chi connectivity index (χ2n) is 4.77. The van der Waals surface area contributed by atoms with Crippen LogP contribution in [0.25, 0.3) is 0 Å². The molecule has 1 saturated heterocycles. The molecule has 0 saturated carbocycles. The molecule has 1 aliphatic rings. The molecule has 0 aromatic heterocycles. The molecule has 0 bridgehead atoms. The number of benzene rings is 1. The highest BCUT2D eigenvalue weighted by atomic mass is 16.2. The highest BCUT2D eigenvalue weighted by Crippen LogP contribution is 2.32. The highest BCUT2D eigenvalue weighted by molar-refractivity contribution is 5.89. The van der Waals surface area contributed by atoms with Crippen LogP contribution in [-0.4, -0.2) is 11.9 Å². The molecule has 1 aromatic carbocycles. The normalized spacial score (nSPS) is 23.1. The first kappa shape index (κ1) is 10.2. The lowest BCUT2D eigenvalue weighted by molar-refractivity contribution is -0.143. The number of carbonyl (C=O) groups excluding carboxylic acids is 1. The summed E-state index contributed by atoms with van der Waals surface area (Å²) in [5.41, 5.74) is 1.17. The van der Waals surface area contributed by atoms with Gasteiger partial charge in [0, 0.05) is 6.04 Å². The van der Waals surface area contributed by atoms with Crippen molar-refractivity contribution in [3.63, 3.8) is 0 Å². The lowest BCUT2D eigenvalue weighted by atomic mass is 9.74. The average Bonchev–Trinajstić information content (AvgIpc) is 2.25. The molecule has 2 rings (SSSR count). The second kappa shape index (κ2) is 3.69. The number of carbonyl (C=O) groups is 1. The Morgan fingerprint density at radius 2 is 1.93 bits per heavy atom. The minimum atomic E-state index is -0.172. The molecule has 0 spiro atoms. The first-order valence-corrected chi connectivity index (χ1v) is 5.45. The van der Waals surface area contributed by atoms with Gasteiger partial charge in [-0.25, -0.2) is 0 Å². The van der Waals surface area contributed by atoms with Gasteiger partial charge >= 0.3 is 0 Å². The average molecular weight is 203 g/mol. The van der Waals surface area contributed by atoms with E-state index in [-0.39, 0.29) is 11.3 Å². The molecule has 1 unspecified atom stereocenters. The molecule has 2 nitrogen and oxygen atoms in total. The minimum absolute atomic E-state index is 0.172. The monoisotopic (exact) mass is 203 g/mol. The van der Waals surface area contributed by atoms with Crippen LogP contribution in [0.5, 0.6) is 0 Å². The van der Waals surface area contributed by atoms with Crippen LogP contribution in [0.15, 0.2) is 30.3 Å².